The van der Waals surface area contributed by atoms with E-state index in [0.717, 1.165) is 37.1 Å². The Kier molecular flexibility index (Phi) is 7.46. The number of hydrogen-bond donors (Lipinski definition) is 3. The van der Waals surface area contributed by atoms with Gasteiger partial charge in [-0.05, 0) is 36.9 Å². The standard InChI is InChI=1S/C20H30N4O2S/c1-21-20(22-13-16-7-5-9-24(16)10-11-26-2)23-14-17(25)19-12-15-6-3-4-8-18(15)27-19/h3-4,6,8,12,16-17,25H,5,7,9-11,13-14H2,1-2H3,(H2,21,22,23). The van der Waals surface area contributed by atoms with E-state index >= 15 is 0 Å². The number of benzene rings is 1. The molecule has 1 fully saturated rings. The van der Waals surface area contributed by atoms with Gasteiger partial charge in [0.2, 0.25) is 0 Å². The lowest BCUT2D eigenvalue weighted by atomic mass is 10.2. The summed E-state index contributed by atoms with van der Waals surface area (Å²) in [5.74, 6) is 0.730. The second kappa shape index (κ2) is 10.0. The van der Waals surface area contributed by atoms with Gasteiger partial charge in [-0.15, -0.1) is 11.3 Å². The highest BCUT2D eigenvalue weighted by Gasteiger charge is 2.24. The van der Waals surface area contributed by atoms with Crippen LogP contribution in [0.25, 0.3) is 10.1 Å². The van der Waals surface area contributed by atoms with Crippen LogP contribution in [-0.4, -0.2) is 69.0 Å². The van der Waals surface area contributed by atoms with Crippen LogP contribution >= 0.6 is 11.3 Å². The maximum absolute atomic E-state index is 10.5. The van der Waals surface area contributed by atoms with Gasteiger partial charge in [0.05, 0.1) is 6.61 Å². The van der Waals surface area contributed by atoms with E-state index in [0.29, 0.717) is 12.6 Å². The normalized spacial score (nSPS) is 19.5. The zero-order chi connectivity index (χ0) is 19.1. The molecular weight excluding hydrogens is 360 g/mol. The van der Waals surface area contributed by atoms with Crippen LogP contribution in [0.3, 0.4) is 0 Å². The first-order valence-corrected chi connectivity index (χ1v) is 10.4. The predicted molar refractivity (Wildman–Crippen MR) is 113 cm³/mol. The molecule has 6 nitrogen and oxygen atoms in total. The van der Waals surface area contributed by atoms with Gasteiger partial charge in [-0.2, -0.15) is 0 Å². The fourth-order valence-corrected chi connectivity index (χ4v) is 4.58. The van der Waals surface area contributed by atoms with Crippen LogP contribution in [0.15, 0.2) is 35.3 Å². The third-order valence-corrected chi connectivity index (χ3v) is 6.26. The van der Waals surface area contributed by atoms with E-state index in [2.05, 4.69) is 38.7 Å². The average molecular weight is 391 g/mol. The quantitative estimate of drug-likeness (QED) is 0.476. The summed E-state index contributed by atoms with van der Waals surface area (Å²) in [5, 5.41) is 18.4. The minimum atomic E-state index is -0.550. The highest BCUT2D eigenvalue weighted by Crippen LogP contribution is 2.29. The van der Waals surface area contributed by atoms with Crippen LogP contribution in [0.5, 0.6) is 0 Å². The van der Waals surface area contributed by atoms with Crippen molar-refractivity contribution >= 4 is 27.4 Å². The molecule has 0 bridgehead atoms. The van der Waals surface area contributed by atoms with Crippen molar-refractivity contribution in [3.8, 4) is 0 Å². The molecule has 27 heavy (non-hydrogen) atoms. The van der Waals surface area contributed by atoms with Gasteiger partial charge in [0.25, 0.3) is 0 Å². The van der Waals surface area contributed by atoms with Crippen LogP contribution in [0.1, 0.15) is 23.8 Å². The second-order valence-corrected chi connectivity index (χ2v) is 7.98. The Labute approximate surface area is 165 Å². The number of rotatable bonds is 8. The third kappa shape index (κ3) is 5.42. The second-order valence-electron chi connectivity index (χ2n) is 6.86. The van der Waals surface area contributed by atoms with Crippen LogP contribution < -0.4 is 10.6 Å². The fourth-order valence-electron chi connectivity index (χ4n) is 3.52. The molecule has 1 aliphatic rings. The zero-order valence-corrected chi connectivity index (χ0v) is 17.0. The molecule has 0 spiro atoms. The van der Waals surface area contributed by atoms with Gasteiger partial charge in [-0.3, -0.25) is 9.89 Å². The summed E-state index contributed by atoms with van der Waals surface area (Å²) in [4.78, 5) is 7.73. The largest absolute Gasteiger partial charge is 0.386 e. The molecule has 2 unspecified atom stereocenters. The van der Waals surface area contributed by atoms with Crippen LogP contribution in [-0.2, 0) is 4.74 Å². The molecule has 0 amide bonds. The van der Waals surface area contributed by atoms with Crippen molar-refractivity contribution in [1.29, 1.82) is 0 Å². The Morgan fingerprint density at radius 1 is 1.41 bits per heavy atom. The summed E-state index contributed by atoms with van der Waals surface area (Å²) in [6, 6.07) is 10.8. The summed E-state index contributed by atoms with van der Waals surface area (Å²) < 4.78 is 6.40. The fraction of sp³-hybridized carbons (Fsp3) is 0.550. The summed E-state index contributed by atoms with van der Waals surface area (Å²) in [7, 11) is 3.51. The Bertz CT molecular complexity index is 715. The number of aliphatic imine (C=N–C) groups is 1. The van der Waals surface area contributed by atoms with Crippen molar-refractivity contribution < 1.29 is 9.84 Å². The van der Waals surface area contributed by atoms with Crippen molar-refractivity contribution in [3.63, 3.8) is 0 Å². The van der Waals surface area contributed by atoms with Crippen molar-refractivity contribution in [2.45, 2.75) is 25.0 Å². The number of fused-ring (bicyclic) bond motifs is 1. The van der Waals surface area contributed by atoms with E-state index in [1.54, 1.807) is 25.5 Å². The van der Waals surface area contributed by atoms with E-state index in [-0.39, 0.29) is 0 Å². The predicted octanol–water partition coefficient (Wildman–Crippen LogP) is 2.21. The number of nitrogens with one attached hydrogen (secondary N) is 2. The van der Waals surface area contributed by atoms with Gasteiger partial charge in [0.1, 0.15) is 6.10 Å². The summed E-state index contributed by atoms with van der Waals surface area (Å²) in [6.07, 6.45) is 1.87. The van der Waals surface area contributed by atoms with Crippen LogP contribution in [0, 0.1) is 0 Å². The molecule has 3 rings (SSSR count). The van der Waals surface area contributed by atoms with Gasteiger partial charge in [0, 0.05) is 49.4 Å². The molecular formula is C20H30N4O2S. The Morgan fingerprint density at radius 3 is 3.04 bits per heavy atom. The number of ether oxygens (including phenoxy) is 1. The van der Waals surface area contributed by atoms with Gasteiger partial charge in [-0.1, -0.05) is 18.2 Å². The van der Waals surface area contributed by atoms with Crippen molar-refractivity contribution in [2.24, 2.45) is 4.99 Å². The van der Waals surface area contributed by atoms with E-state index in [1.165, 1.54) is 22.9 Å². The number of methoxy groups -OCH3 is 1. The van der Waals surface area contributed by atoms with Crippen molar-refractivity contribution in [1.82, 2.24) is 15.5 Å². The lowest BCUT2D eigenvalue weighted by Gasteiger charge is -2.25. The molecule has 7 heteroatoms. The van der Waals surface area contributed by atoms with Crippen LogP contribution in [0.2, 0.25) is 0 Å². The number of thiophene rings is 1. The highest BCUT2D eigenvalue weighted by molar-refractivity contribution is 7.19. The SMILES string of the molecule is CN=C(NCC(O)c1cc2ccccc2s1)NCC1CCCN1CCOC. The lowest BCUT2D eigenvalue weighted by Crippen LogP contribution is -2.46. The molecule has 2 aromatic rings. The van der Waals surface area contributed by atoms with E-state index < -0.39 is 6.10 Å². The molecule has 3 N–H and O–H groups in total. The van der Waals surface area contributed by atoms with Gasteiger partial charge in [-0.25, -0.2) is 0 Å². The van der Waals surface area contributed by atoms with Crippen LogP contribution in [0.4, 0.5) is 0 Å². The molecule has 0 saturated carbocycles. The highest BCUT2D eigenvalue weighted by atomic mass is 32.1. The van der Waals surface area contributed by atoms with Gasteiger partial charge < -0.3 is 20.5 Å². The molecule has 1 aliphatic heterocycles. The molecule has 1 aromatic carbocycles. The van der Waals surface area contributed by atoms with Crippen molar-refractivity contribution in [2.75, 3.05) is 46.9 Å². The monoisotopic (exact) mass is 390 g/mol. The van der Waals surface area contributed by atoms with Gasteiger partial charge in [0.15, 0.2) is 5.96 Å². The smallest absolute Gasteiger partial charge is 0.191 e. The lowest BCUT2D eigenvalue weighted by molar-refractivity contribution is 0.141. The number of aliphatic hydroxyl groups is 1. The number of aliphatic hydroxyl groups excluding tert-OH is 1. The Balaban J connectivity index is 1.47. The minimum Gasteiger partial charge on any atom is -0.386 e. The number of likely N-dealkylation sites (tertiary alicyclic amines) is 1. The Morgan fingerprint density at radius 2 is 2.26 bits per heavy atom. The molecule has 148 valence electrons. The van der Waals surface area contributed by atoms with E-state index in [1.807, 2.05) is 12.1 Å². The first kappa shape index (κ1) is 20.1. The number of guanidine groups is 1. The minimum absolute atomic E-state index is 0.435. The van der Waals surface area contributed by atoms with E-state index in [9.17, 15) is 5.11 Å². The molecule has 0 radical (unpaired) electrons. The topological polar surface area (TPSA) is 69.1 Å². The molecule has 1 saturated heterocycles. The molecule has 0 aliphatic carbocycles. The first-order valence-electron chi connectivity index (χ1n) is 9.55. The van der Waals surface area contributed by atoms with Crippen molar-refractivity contribution in [3.05, 3.63) is 35.2 Å². The van der Waals surface area contributed by atoms with Gasteiger partial charge >= 0.3 is 0 Å². The number of nitrogens with zero attached hydrogens (tertiary/aromatic N) is 2. The summed E-state index contributed by atoms with van der Waals surface area (Å²) >= 11 is 1.64. The third-order valence-electron chi connectivity index (χ3n) is 5.05. The molecule has 1 aromatic heterocycles. The molecule has 2 atom stereocenters. The van der Waals surface area contributed by atoms with E-state index in [4.69, 9.17) is 4.74 Å². The number of hydrogen-bond acceptors (Lipinski definition) is 5. The summed E-state index contributed by atoms with van der Waals surface area (Å²) in [6.45, 7) is 4.16. The first-order chi connectivity index (χ1) is 13.2. The molecule has 2 heterocycles. The summed E-state index contributed by atoms with van der Waals surface area (Å²) in [5.41, 5.74) is 0. The Hall–Kier alpha value is -1.67. The average Bonchev–Trinajstić information content (AvgIpc) is 3.32. The maximum atomic E-state index is 10.5. The maximum Gasteiger partial charge on any atom is 0.191 e. The zero-order valence-electron chi connectivity index (χ0n) is 16.1.